The van der Waals surface area contributed by atoms with Gasteiger partial charge in [0.1, 0.15) is 11.5 Å². The van der Waals surface area contributed by atoms with Crippen LogP contribution in [0.2, 0.25) is 0 Å². The number of carbonyl (C=O) groups is 1. The molecule has 2 heterocycles. The highest BCUT2D eigenvalue weighted by molar-refractivity contribution is 6.39. The molecule has 1 amide bonds. The monoisotopic (exact) mass is 338 g/mol. The van der Waals surface area contributed by atoms with Gasteiger partial charge in [-0.3, -0.25) is 14.9 Å². The van der Waals surface area contributed by atoms with E-state index in [0.717, 1.165) is 0 Å². The zero-order valence-corrected chi connectivity index (χ0v) is 12.5. The third kappa shape index (κ3) is 2.10. The van der Waals surface area contributed by atoms with Crippen LogP contribution in [0.5, 0.6) is 5.75 Å². The number of anilines is 2. The fraction of sp³-hybridized carbons (Fsp3) is 0. The van der Waals surface area contributed by atoms with Gasteiger partial charge in [0.25, 0.3) is 11.6 Å². The first-order chi connectivity index (χ1) is 12.0. The predicted molar refractivity (Wildman–Crippen MR) is 88.7 cm³/mol. The number of phenolic OH excluding ortho intramolecular Hbond substituents is 1. The van der Waals surface area contributed by atoms with Gasteiger partial charge in [-0.1, -0.05) is 5.16 Å². The first kappa shape index (κ1) is 14.7. The molecule has 0 atom stereocenters. The summed E-state index contributed by atoms with van der Waals surface area (Å²) in [6, 6.07) is 8.44. The molecule has 4 N–H and O–H groups in total. The van der Waals surface area contributed by atoms with Crippen molar-refractivity contribution >= 4 is 34.3 Å². The maximum absolute atomic E-state index is 12.4. The van der Waals surface area contributed by atoms with Crippen molar-refractivity contribution in [3.05, 3.63) is 63.3 Å². The molecule has 25 heavy (non-hydrogen) atoms. The third-order valence-electron chi connectivity index (χ3n) is 4.06. The second kappa shape index (κ2) is 5.06. The van der Waals surface area contributed by atoms with Crippen LogP contribution in [0.15, 0.2) is 47.3 Å². The zero-order chi connectivity index (χ0) is 17.7. The van der Waals surface area contributed by atoms with Crippen molar-refractivity contribution in [1.82, 2.24) is 0 Å². The van der Waals surface area contributed by atoms with E-state index in [9.17, 15) is 25.2 Å². The molecule has 2 aliphatic rings. The van der Waals surface area contributed by atoms with E-state index in [4.69, 9.17) is 0 Å². The van der Waals surface area contributed by atoms with Crippen LogP contribution in [0, 0.1) is 10.1 Å². The number of hydrogen-bond acceptors (Lipinski definition) is 7. The quantitative estimate of drug-likeness (QED) is 0.207. The summed E-state index contributed by atoms with van der Waals surface area (Å²) >= 11 is 0. The normalized spacial score (nSPS) is 19.4. The molecule has 0 radical (unpaired) electrons. The second-order valence-electron chi connectivity index (χ2n) is 5.49. The second-order valence-corrected chi connectivity index (χ2v) is 5.49. The molecule has 2 aromatic rings. The standard InChI is InChI=1S/C16H10N4O5/c21-8-2-4-12-10(6-8)14(19-23)15(17-12)13-9-5-7(20(24)25)1-3-11(9)18-16(13)22/h1-6,17,21,23H,(H,18,22)/b15-13-,19-14+. The van der Waals surface area contributed by atoms with E-state index >= 15 is 0 Å². The molecule has 2 aromatic carbocycles. The van der Waals surface area contributed by atoms with E-state index < -0.39 is 10.8 Å². The highest BCUT2D eigenvalue weighted by Crippen LogP contribution is 2.40. The van der Waals surface area contributed by atoms with Gasteiger partial charge in [-0.25, -0.2) is 0 Å². The average Bonchev–Trinajstić information content (AvgIpc) is 3.09. The van der Waals surface area contributed by atoms with Gasteiger partial charge >= 0.3 is 0 Å². The number of phenols is 1. The Balaban J connectivity index is 1.95. The first-order valence-corrected chi connectivity index (χ1v) is 7.17. The number of hydrogen-bond donors (Lipinski definition) is 4. The van der Waals surface area contributed by atoms with E-state index in [0.29, 0.717) is 22.5 Å². The van der Waals surface area contributed by atoms with E-state index in [2.05, 4.69) is 15.8 Å². The number of nitrogens with one attached hydrogen (secondary N) is 2. The Kier molecular flexibility index (Phi) is 2.98. The van der Waals surface area contributed by atoms with Crippen LogP contribution in [0.3, 0.4) is 0 Å². The number of allylic oxidation sites excluding steroid dienone is 1. The number of rotatable bonds is 1. The summed E-state index contributed by atoms with van der Waals surface area (Å²) in [5.41, 5.74) is 1.95. The molecule has 124 valence electrons. The van der Waals surface area contributed by atoms with Crippen LogP contribution in [-0.4, -0.2) is 26.9 Å². The van der Waals surface area contributed by atoms with E-state index in [1.807, 2.05) is 0 Å². The Morgan fingerprint density at radius 1 is 1.04 bits per heavy atom. The molecular weight excluding hydrogens is 328 g/mol. The van der Waals surface area contributed by atoms with Gasteiger partial charge in [0.2, 0.25) is 0 Å². The number of fused-ring (bicyclic) bond motifs is 2. The van der Waals surface area contributed by atoms with Gasteiger partial charge in [-0.2, -0.15) is 0 Å². The van der Waals surface area contributed by atoms with Crippen LogP contribution in [0.25, 0.3) is 5.57 Å². The van der Waals surface area contributed by atoms with Crippen molar-refractivity contribution in [1.29, 1.82) is 0 Å². The van der Waals surface area contributed by atoms with Crippen LogP contribution in [-0.2, 0) is 4.79 Å². The Hall–Kier alpha value is -3.88. The fourth-order valence-electron chi connectivity index (χ4n) is 2.97. The SMILES string of the molecule is O=C1Nc2ccc([N+](=O)[O-])cc2/C1=C1/Nc2ccc(O)cc2/C1=N\O. The van der Waals surface area contributed by atoms with E-state index in [1.54, 1.807) is 6.07 Å². The number of nitro benzene ring substituents is 1. The molecule has 0 saturated carbocycles. The topological polar surface area (TPSA) is 137 Å². The lowest BCUT2D eigenvalue weighted by Gasteiger charge is -2.05. The number of oxime groups is 1. The van der Waals surface area contributed by atoms with Gasteiger partial charge in [0.05, 0.1) is 16.2 Å². The summed E-state index contributed by atoms with van der Waals surface area (Å²) in [5, 5.41) is 38.9. The van der Waals surface area contributed by atoms with E-state index in [1.165, 1.54) is 30.3 Å². The molecule has 0 aromatic heterocycles. The van der Waals surface area contributed by atoms with Gasteiger partial charge in [0.15, 0.2) is 0 Å². The number of benzene rings is 2. The molecule has 4 rings (SSSR count). The van der Waals surface area contributed by atoms with Crippen molar-refractivity contribution in [2.24, 2.45) is 5.16 Å². The minimum Gasteiger partial charge on any atom is -0.508 e. The number of amides is 1. The Morgan fingerprint density at radius 3 is 2.48 bits per heavy atom. The number of aromatic hydroxyl groups is 1. The Bertz CT molecular complexity index is 1030. The van der Waals surface area contributed by atoms with Crippen molar-refractivity contribution in [3.63, 3.8) is 0 Å². The van der Waals surface area contributed by atoms with Crippen LogP contribution >= 0.6 is 0 Å². The van der Waals surface area contributed by atoms with Gasteiger partial charge in [0, 0.05) is 34.6 Å². The predicted octanol–water partition coefficient (Wildman–Crippen LogP) is 2.27. The molecule has 0 bridgehead atoms. The average molecular weight is 338 g/mol. The lowest BCUT2D eigenvalue weighted by atomic mass is 10.0. The minimum atomic E-state index is -0.554. The maximum atomic E-state index is 12.4. The highest BCUT2D eigenvalue weighted by Gasteiger charge is 2.35. The number of carbonyl (C=O) groups excluding carboxylic acids is 1. The molecule has 2 aliphatic heterocycles. The van der Waals surface area contributed by atoms with Gasteiger partial charge < -0.3 is 20.9 Å². The van der Waals surface area contributed by atoms with Crippen molar-refractivity contribution in [3.8, 4) is 5.75 Å². The summed E-state index contributed by atoms with van der Waals surface area (Å²) in [6.45, 7) is 0. The molecule has 0 aliphatic carbocycles. The van der Waals surface area contributed by atoms with Crippen molar-refractivity contribution < 1.29 is 20.0 Å². The third-order valence-corrected chi connectivity index (χ3v) is 4.06. The van der Waals surface area contributed by atoms with Crippen LogP contribution in [0.4, 0.5) is 17.1 Å². The van der Waals surface area contributed by atoms with Crippen LogP contribution < -0.4 is 10.6 Å². The largest absolute Gasteiger partial charge is 0.508 e. The van der Waals surface area contributed by atoms with E-state index in [-0.39, 0.29) is 28.4 Å². The minimum absolute atomic E-state index is 0.0279. The fourth-order valence-corrected chi connectivity index (χ4v) is 2.97. The molecule has 0 fully saturated rings. The van der Waals surface area contributed by atoms with Crippen LogP contribution in [0.1, 0.15) is 11.1 Å². The number of nitrogens with zero attached hydrogens (tertiary/aromatic N) is 2. The lowest BCUT2D eigenvalue weighted by Crippen LogP contribution is -2.12. The smallest absolute Gasteiger partial charge is 0.270 e. The zero-order valence-electron chi connectivity index (χ0n) is 12.5. The summed E-state index contributed by atoms with van der Waals surface area (Å²) in [4.78, 5) is 22.9. The summed E-state index contributed by atoms with van der Waals surface area (Å²) < 4.78 is 0. The molecule has 9 nitrogen and oxygen atoms in total. The Morgan fingerprint density at radius 2 is 1.76 bits per heavy atom. The summed E-state index contributed by atoms with van der Waals surface area (Å²) in [5.74, 6) is -0.504. The van der Waals surface area contributed by atoms with Crippen molar-refractivity contribution in [2.75, 3.05) is 10.6 Å². The highest BCUT2D eigenvalue weighted by atomic mass is 16.6. The molecular formula is C16H10N4O5. The first-order valence-electron chi connectivity index (χ1n) is 7.17. The molecule has 0 unspecified atom stereocenters. The lowest BCUT2D eigenvalue weighted by molar-refractivity contribution is -0.384. The summed E-state index contributed by atoms with van der Waals surface area (Å²) in [7, 11) is 0. The van der Waals surface area contributed by atoms with Gasteiger partial charge in [-0.05, 0) is 24.3 Å². The summed E-state index contributed by atoms with van der Waals surface area (Å²) in [6.07, 6.45) is 0. The Labute approximate surface area is 140 Å². The molecule has 9 heteroatoms. The molecule has 0 saturated heterocycles. The van der Waals surface area contributed by atoms with Gasteiger partial charge in [-0.15, -0.1) is 0 Å². The number of non-ortho nitro benzene ring substituents is 1. The maximum Gasteiger partial charge on any atom is 0.270 e. The van der Waals surface area contributed by atoms with Crippen molar-refractivity contribution in [2.45, 2.75) is 0 Å². The number of nitro groups is 1. The molecule has 0 spiro atoms.